The van der Waals surface area contributed by atoms with Gasteiger partial charge in [0.25, 0.3) is 0 Å². The summed E-state index contributed by atoms with van der Waals surface area (Å²) < 4.78 is 26.2. The van der Waals surface area contributed by atoms with Crippen LogP contribution in [0, 0.1) is 17.6 Å². The third kappa shape index (κ3) is 3.37. The van der Waals surface area contributed by atoms with Crippen molar-refractivity contribution in [2.45, 2.75) is 20.3 Å². The van der Waals surface area contributed by atoms with E-state index in [1.54, 1.807) is 0 Å². The summed E-state index contributed by atoms with van der Waals surface area (Å²) in [5.74, 6) is -2.86. The van der Waals surface area contributed by atoms with Crippen molar-refractivity contribution < 1.29 is 18.4 Å². The first kappa shape index (κ1) is 15.4. The number of carbonyl (C=O) groups excluding carboxylic acids is 2. The molecule has 4 nitrogen and oxygen atoms in total. The molecule has 114 valence electrons. The molecule has 0 saturated carbocycles. The predicted molar refractivity (Wildman–Crippen MR) is 74.7 cm³/mol. The summed E-state index contributed by atoms with van der Waals surface area (Å²) >= 11 is 0. The van der Waals surface area contributed by atoms with E-state index in [-0.39, 0.29) is 12.2 Å². The van der Waals surface area contributed by atoms with Crippen LogP contribution in [0.1, 0.15) is 20.3 Å². The van der Waals surface area contributed by atoms with Crippen molar-refractivity contribution in [2.24, 2.45) is 5.92 Å². The van der Waals surface area contributed by atoms with Crippen LogP contribution in [0.2, 0.25) is 0 Å². The average molecular weight is 296 g/mol. The van der Waals surface area contributed by atoms with Gasteiger partial charge in [-0.2, -0.15) is 0 Å². The smallest absolute Gasteiger partial charge is 0.316 e. The van der Waals surface area contributed by atoms with Crippen molar-refractivity contribution in [3.63, 3.8) is 0 Å². The molecule has 1 aromatic rings. The maximum absolute atomic E-state index is 13.2. The van der Waals surface area contributed by atoms with E-state index in [0.717, 1.165) is 18.6 Å². The molecule has 1 heterocycles. The number of amides is 2. The van der Waals surface area contributed by atoms with Gasteiger partial charge in [0, 0.05) is 31.4 Å². The van der Waals surface area contributed by atoms with E-state index >= 15 is 0 Å². The molecule has 1 aliphatic heterocycles. The molecule has 2 rings (SSSR count). The number of halogens is 2. The van der Waals surface area contributed by atoms with Gasteiger partial charge < -0.3 is 9.80 Å². The molecule has 0 aliphatic carbocycles. The highest BCUT2D eigenvalue weighted by Gasteiger charge is 2.33. The molecule has 0 atom stereocenters. The molecule has 0 radical (unpaired) electrons. The number of benzene rings is 1. The minimum Gasteiger partial charge on any atom is -0.333 e. The van der Waals surface area contributed by atoms with Crippen LogP contribution in [0.5, 0.6) is 0 Å². The SMILES string of the molecule is CC(C)CCN1CCN(c2ccc(F)c(F)c2)C(=O)C1=O. The second-order valence-electron chi connectivity index (χ2n) is 5.53. The minimum atomic E-state index is -1.03. The number of nitrogens with zero attached hydrogens (tertiary/aromatic N) is 2. The summed E-state index contributed by atoms with van der Waals surface area (Å²) in [6, 6.07) is 3.19. The maximum atomic E-state index is 13.2. The molecule has 1 saturated heterocycles. The lowest BCUT2D eigenvalue weighted by Gasteiger charge is -2.34. The van der Waals surface area contributed by atoms with E-state index in [1.165, 1.54) is 15.9 Å². The van der Waals surface area contributed by atoms with Gasteiger partial charge in [-0.3, -0.25) is 9.59 Å². The zero-order valence-electron chi connectivity index (χ0n) is 12.1. The van der Waals surface area contributed by atoms with Gasteiger partial charge in [-0.25, -0.2) is 8.78 Å². The Bertz CT molecular complexity index is 561. The highest BCUT2D eigenvalue weighted by atomic mass is 19.2. The van der Waals surface area contributed by atoms with Crippen LogP contribution in [0.3, 0.4) is 0 Å². The van der Waals surface area contributed by atoms with Crippen molar-refractivity contribution >= 4 is 17.5 Å². The van der Waals surface area contributed by atoms with E-state index in [2.05, 4.69) is 0 Å². The summed E-state index contributed by atoms with van der Waals surface area (Å²) in [7, 11) is 0. The second kappa shape index (κ2) is 6.20. The Kier molecular flexibility index (Phi) is 4.55. The molecule has 0 bridgehead atoms. The Balaban J connectivity index is 2.10. The quantitative estimate of drug-likeness (QED) is 0.799. The first-order valence-electron chi connectivity index (χ1n) is 6.96. The number of carbonyl (C=O) groups is 2. The zero-order valence-corrected chi connectivity index (χ0v) is 12.1. The Morgan fingerprint density at radius 3 is 2.43 bits per heavy atom. The summed E-state index contributed by atoms with van der Waals surface area (Å²) in [5.41, 5.74) is 0.204. The van der Waals surface area contributed by atoms with Crippen molar-refractivity contribution in [3.8, 4) is 0 Å². The molecular weight excluding hydrogens is 278 g/mol. The molecule has 0 unspecified atom stereocenters. The summed E-state index contributed by atoms with van der Waals surface area (Å²) in [6.07, 6.45) is 0.824. The molecule has 0 aromatic heterocycles. The Labute approximate surface area is 122 Å². The van der Waals surface area contributed by atoms with Crippen molar-refractivity contribution in [1.29, 1.82) is 0 Å². The number of anilines is 1. The van der Waals surface area contributed by atoms with E-state index in [1.807, 2.05) is 13.8 Å². The van der Waals surface area contributed by atoms with Crippen molar-refractivity contribution in [1.82, 2.24) is 4.90 Å². The molecule has 0 N–H and O–H groups in total. The fourth-order valence-electron chi connectivity index (χ4n) is 2.20. The molecule has 1 fully saturated rings. The lowest BCUT2D eigenvalue weighted by Crippen LogP contribution is -2.54. The third-order valence-corrected chi connectivity index (χ3v) is 3.50. The average Bonchev–Trinajstić information content (AvgIpc) is 2.43. The standard InChI is InChI=1S/C15H18F2N2O2/c1-10(2)5-6-18-7-8-19(15(21)14(18)20)11-3-4-12(16)13(17)9-11/h3-4,9-10H,5-8H2,1-2H3. The van der Waals surface area contributed by atoms with Gasteiger partial charge in [-0.1, -0.05) is 13.8 Å². The van der Waals surface area contributed by atoms with Gasteiger partial charge in [0.2, 0.25) is 0 Å². The number of hydrogen-bond acceptors (Lipinski definition) is 2. The van der Waals surface area contributed by atoms with Crippen LogP contribution in [0.15, 0.2) is 18.2 Å². The summed E-state index contributed by atoms with van der Waals surface area (Å²) in [4.78, 5) is 26.8. The highest BCUT2D eigenvalue weighted by molar-refractivity contribution is 6.40. The fourth-order valence-corrected chi connectivity index (χ4v) is 2.20. The van der Waals surface area contributed by atoms with Crippen molar-refractivity contribution in [2.75, 3.05) is 24.5 Å². The second-order valence-corrected chi connectivity index (χ2v) is 5.53. The fraction of sp³-hybridized carbons (Fsp3) is 0.467. The lowest BCUT2D eigenvalue weighted by atomic mass is 10.1. The predicted octanol–water partition coefficient (Wildman–Crippen LogP) is 2.19. The Morgan fingerprint density at radius 2 is 1.81 bits per heavy atom. The first-order valence-corrected chi connectivity index (χ1v) is 6.96. The van der Waals surface area contributed by atoms with Crippen LogP contribution < -0.4 is 4.90 Å². The maximum Gasteiger partial charge on any atom is 0.316 e. The van der Waals surface area contributed by atoms with E-state index in [4.69, 9.17) is 0 Å². The summed E-state index contributed by atoms with van der Waals surface area (Å²) in [6.45, 7) is 5.31. The minimum absolute atomic E-state index is 0.204. The van der Waals surface area contributed by atoms with Crippen LogP contribution in [0.25, 0.3) is 0 Å². The van der Waals surface area contributed by atoms with Crippen LogP contribution >= 0.6 is 0 Å². The van der Waals surface area contributed by atoms with E-state index in [9.17, 15) is 18.4 Å². The van der Waals surface area contributed by atoms with Gasteiger partial charge in [-0.15, -0.1) is 0 Å². The van der Waals surface area contributed by atoms with Crippen LogP contribution in [0.4, 0.5) is 14.5 Å². The van der Waals surface area contributed by atoms with E-state index in [0.29, 0.717) is 19.0 Å². The molecule has 2 amide bonds. The number of rotatable bonds is 4. The Morgan fingerprint density at radius 1 is 1.10 bits per heavy atom. The van der Waals surface area contributed by atoms with Gasteiger partial charge >= 0.3 is 11.8 Å². The summed E-state index contributed by atoms with van der Waals surface area (Å²) in [5, 5.41) is 0. The van der Waals surface area contributed by atoms with Crippen LogP contribution in [-0.2, 0) is 9.59 Å². The molecule has 21 heavy (non-hydrogen) atoms. The van der Waals surface area contributed by atoms with Gasteiger partial charge in [0.05, 0.1) is 0 Å². The molecule has 6 heteroatoms. The van der Waals surface area contributed by atoms with Gasteiger partial charge in [0.15, 0.2) is 11.6 Å². The topological polar surface area (TPSA) is 40.6 Å². The highest BCUT2D eigenvalue weighted by Crippen LogP contribution is 2.21. The molecule has 0 spiro atoms. The van der Waals surface area contributed by atoms with Crippen LogP contribution in [-0.4, -0.2) is 36.3 Å². The van der Waals surface area contributed by atoms with Crippen molar-refractivity contribution in [3.05, 3.63) is 29.8 Å². The Hall–Kier alpha value is -1.98. The number of hydrogen-bond donors (Lipinski definition) is 0. The molecular formula is C15H18F2N2O2. The monoisotopic (exact) mass is 296 g/mol. The lowest BCUT2D eigenvalue weighted by molar-refractivity contribution is -0.146. The van der Waals surface area contributed by atoms with Gasteiger partial charge in [0.1, 0.15) is 0 Å². The largest absolute Gasteiger partial charge is 0.333 e. The molecule has 1 aromatic carbocycles. The van der Waals surface area contributed by atoms with Gasteiger partial charge in [-0.05, 0) is 24.5 Å². The third-order valence-electron chi connectivity index (χ3n) is 3.50. The molecule has 1 aliphatic rings. The van der Waals surface area contributed by atoms with E-state index < -0.39 is 23.4 Å². The number of piperazine rings is 1. The zero-order chi connectivity index (χ0) is 15.6. The normalized spacial score (nSPS) is 16.0. The first-order chi connectivity index (χ1) is 9.90.